The second-order valence-electron chi connectivity index (χ2n) is 5.32. The fraction of sp³-hybridized carbons (Fsp3) is 0.188. The number of nitrogens with zero attached hydrogens (tertiary/aromatic N) is 1. The van der Waals surface area contributed by atoms with Crippen molar-refractivity contribution in [2.45, 2.75) is 19.0 Å². The van der Waals surface area contributed by atoms with Gasteiger partial charge in [-0.25, -0.2) is 4.57 Å². The number of carbonyl (C=O) groups is 1. The van der Waals surface area contributed by atoms with E-state index in [0.717, 1.165) is 0 Å². The molecule has 2 rings (SSSR count). The largest absolute Gasteiger partial charge is 0.508 e. The Morgan fingerprint density at radius 3 is 2.08 bits per heavy atom. The molecule has 0 saturated carbocycles. The van der Waals surface area contributed by atoms with E-state index in [-0.39, 0.29) is 18.7 Å². The van der Waals surface area contributed by atoms with Crippen LogP contribution in [0.2, 0.25) is 0 Å². The summed E-state index contributed by atoms with van der Waals surface area (Å²) in [4.78, 5) is 30.8. The van der Waals surface area contributed by atoms with Crippen LogP contribution in [0.25, 0.3) is 0 Å². The fourth-order valence-electron chi connectivity index (χ4n) is 2.33. The highest BCUT2D eigenvalue weighted by Gasteiger charge is 2.37. The molecule has 0 bridgehead atoms. The van der Waals surface area contributed by atoms with E-state index in [4.69, 9.17) is 0 Å². The highest BCUT2D eigenvalue weighted by atomic mass is 31.2. The number of hydrogen-bond donors (Lipinski definition) is 4. The molecule has 0 spiro atoms. The summed E-state index contributed by atoms with van der Waals surface area (Å²) in [7, 11) is -4.79. The molecule has 0 saturated heterocycles. The molecule has 0 aliphatic carbocycles. The first kappa shape index (κ1) is 18.2. The first-order valence-corrected chi connectivity index (χ1v) is 8.71. The number of rotatable bonds is 7. The molecule has 0 amide bonds. The average molecular weight is 351 g/mol. The summed E-state index contributed by atoms with van der Waals surface area (Å²) < 4.78 is 12.5. The molecule has 128 valence electrons. The Labute approximate surface area is 139 Å². The van der Waals surface area contributed by atoms with E-state index in [9.17, 15) is 29.4 Å². The van der Waals surface area contributed by atoms with E-state index >= 15 is 0 Å². The van der Waals surface area contributed by atoms with Gasteiger partial charge in [-0.15, -0.1) is 0 Å². The van der Waals surface area contributed by atoms with Crippen molar-refractivity contribution in [3.8, 4) is 5.75 Å². The van der Waals surface area contributed by atoms with Gasteiger partial charge in [0.1, 0.15) is 11.8 Å². The highest BCUT2D eigenvalue weighted by molar-refractivity contribution is 7.49. The van der Waals surface area contributed by atoms with E-state index in [2.05, 4.69) is 0 Å². The molecule has 2 aromatic rings. The van der Waals surface area contributed by atoms with Gasteiger partial charge in [0, 0.05) is 6.54 Å². The number of phenolic OH excluding ortho intramolecular Hbond substituents is 1. The topological polar surface area (TPSA) is 118 Å². The van der Waals surface area contributed by atoms with Crippen molar-refractivity contribution in [2.75, 3.05) is 0 Å². The van der Waals surface area contributed by atoms with Crippen molar-refractivity contribution in [1.29, 1.82) is 0 Å². The van der Waals surface area contributed by atoms with Crippen LogP contribution in [0.3, 0.4) is 0 Å². The number of carboxylic acid groups (broad SMARTS) is 1. The molecule has 0 radical (unpaired) electrons. The Hall–Kier alpha value is -2.18. The monoisotopic (exact) mass is 351 g/mol. The SMILES string of the molecule is O=C(O)[C@H](Cc1ccc(O)cc1)N(Cc1ccccc1)P(=O)(O)O. The van der Waals surface area contributed by atoms with Gasteiger partial charge >= 0.3 is 13.7 Å². The molecule has 0 aliphatic heterocycles. The molecular formula is C16H18NO6P. The summed E-state index contributed by atoms with van der Waals surface area (Å²) >= 11 is 0. The van der Waals surface area contributed by atoms with E-state index in [1.54, 1.807) is 30.3 Å². The minimum atomic E-state index is -4.79. The Balaban J connectivity index is 2.30. The van der Waals surface area contributed by atoms with E-state index < -0.39 is 19.8 Å². The average Bonchev–Trinajstić information content (AvgIpc) is 2.52. The molecule has 0 unspecified atom stereocenters. The van der Waals surface area contributed by atoms with Crippen molar-refractivity contribution in [2.24, 2.45) is 0 Å². The lowest BCUT2D eigenvalue weighted by atomic mass is 10.1. The Bertz CT molecular complexity index is 728. The standard InChI is InChI=1S/C16H18NO6P/c18-14-8-6-12(7-9-14)10-15(16(19)20)17(24(21,22)23)11-13-4-2-1-3-5-13/h1-9,15,18H,10-11H2,(H,19,20)(H2,21,22,23)/t15-/m0/s1. The predicted octanol–water partition coefficient (Wildman–Crippen LogP) is 1.98. The summed E-state index contributed by atoms with van der Waals surface area (Å²) in [5, 5.41) is 18.7. The first-order valence-electron chi connectivity index (χ1n) is 7.14. The summed E-state index contributed by atoms with van der Waals surface area (Å²) in [5.74, 6) is -1.30. The second kappa shape index (κ2) is 7.59. The van der Waals surface area contributed by atoms with Gasteiger partial charge in [-0.1, -0.05) is 42.5 Å². The molecule has 24 heavy (non-hydrogen) atoms. The maximum atomic E-state index is 11.8. The van der Waals surface area contributed by atoms with Crippen LogP contribution >= 0.6 is 7.75 Å². The zero-order valence-electron chi connectivity index (χ0n) is 12.7. The van der Waals surface area contributed by atoms with Crippen molar-refractivity contribution in [3.05, 3.63) is 65.7 Å². The van der Waals surface area contributed by atoms with E-state index in [0.29, 0.717) is 15.8 Å². The van der Waals surface area contributed by atoms with E-state index in [1.165, 1.54) is 24.3 Å². The smallest absolute Gasteiger partial charge is 0.404 e. The number of benzene rings is 2. The van der Waals surface area contributed by atoms with Crippen LogP contribution in [0.1, 0.15) is 11.1 Å². The fourth-order valence-corrected chi connectivity index (χ4v) is 3.22. The van der Waals surface area contributed by atoms with Crippen molar-refractivity contribution in [3.63, 3.8) is 0 Å². The molecule has 1 atom stereocenters. The van der Waals surface area contributed by atoms with Crippen LogP contribution in [0.15, 0.2) is 54.6 Å². The van der Waals surface area contributed by atoms with Crippen LogP contribution < -0.4 is 0 Å². The summed E-state index contributed by atoms with van der Waals surface area (Å²) in [5.41, 5.74) is 1.14. The van der Waals surface area contributed by atoms with Gasteiger partial charge in [-0.3, -0.25) is 4.79 Å². The molecule has 4 N–H and O–H groups in total. The van der Waals surface area contributed by atoms with Crippen LogP contribution in [-0.4, -0.2) is 36.7 Å². The second-order valence-corrected chi connectivity index (χ2v) is 6.86. The maximum Gasteiger partial charge on any atom is 0.404 e. The van der Waals surface area contributed by atoms with Crippen molar-refractivity contribution < 1.29 is 29.4 Å². The third-order valence-electron chi connectivity index (χ3n) is 3.53. The Kier molecular flexibility index (Phi) is 5.75. The van der Waals surface area contributed by atoms with Crippen LogP contribution in [0, 0.1) is 0 Å². The predicted molar refractivity (Wildman–Crippen MR) is 87.3 cm³/mol. The molecule has 0 aliphatic rings. The van der Waals surface area contributed by atoms with Crippen LogP contribution in [0.4, 0.5) is 0 Å². The number of hydrogen-bond acceptors (Lipinski definition) is 3. The Morgan fingerprint density at radius 1 is 1.00 bits per heavy atom. The lowest BCUT2D eigenvalue weighted by molar-refractivity contribution is -0.142. The molecule has 0 aromatic heterocycles. The normalized spacial score (nSPS) is 13.0. The highest BCUT2D eigenvalue weighted by Crippen LogP contribution is 2.43. The number of phenols is 1. The molecule has 8 heteroatoms. The number of aliphatic carboxylic acids is 1. The van der Waals surface area contributed by atoms with Gasteiger partial charge in [0.15, 0.2) is 0 Å². The van der Waals surface area contributed by atoms with Crippen LogP contribution in [-0.2, 0) is 22.3 Å². The Morgan fingerprint density at radius 2 is 1.58 bits per heavy atom. The number of aromatic hydroxyl groups is 1. The van der Waals surface area contributed by atoms with Gasteiger partial charge in [0.05, 0.1) is 0 Å². The van der Waals surface area contributed by atoms with Crippen molar-refractivity contribution >= 4 is 13.7 Å². The minimum Gasteiger partial charge on any atom is -0.508 e. The third-order valence-corrected chi connectivity index (χ3v) is 4.62. The summed E-state index contributed by atoms with van der Waals surface area (Å²) in [6, 6.07) is 12.9. The zero-order chi connectivity index (χ0) is 17.7. The first-order chi connectivity index (χ1) is 11.3. The van der Waals surface area contributed by atoms with Crippen molar-refractivity contribution in [1.82, 2.24) is 4.67 Å². The number of carboxylic acids is 1. The molecular weight excluding hydrogens is 333 g/mol. The molecule has 0 fully saturated rings. The molecule has 0 heterocycles. The van der Waals surface area contributed by atoms with Gasteiger partial charge in [-0.05, 0) is 29.7 Å². The molecule has 2 aromatic carbocycles. The molecule has 7 nitrogen and oxygen atoms in total. The van der Waals surface area contributed by atoms with E-state index in [1.807, 2.05) is 0 Å². The quantitative estimate of drug-likeness (QED) is 0.563. The lowest BCUT2D eigenvalue weighted by Crippen LogP contribution is -2.40. The summed E-state index contributed by atoms with van der Waals surface area (Å²) in [6.07, 6.45) is -0.104. The zero-order valence-corrected chi connectivity index (χ0v) is 13.6. The van der Waals surface area contributed by atoms with Gasteiger partial charge in [-0.2, -0.15) is 4.67 Å². The maximum absolute atomic E-state index is 11.8. The van der Waals surface area contributed by atoms with Gasteiger partial charge in [0.2, 0.25) is 0 Å². The van der Waals surface area contributed by atoms with Crippen LogP contribution in [0.5, 0.6) is 5.75 Å². The lowest BCUT2D eigenvalue weighted by Gasteiger charge is -2.29. The van der Waals surface area contributed by atoms with Gasteiger partial charge in [0.25, 0.3) is 0 Å². The van der Waals surface area contributed by atoms with Gasteiger partial charge < -0.3 is 20.0 Å². The summed E-state index contributed by atoms with van der Waals surface area (Å²) in [6.45, 7) is -0.194. The minimum absolute atomic E-state index is 0.0294. The third kappa shape index (κ3) is 4.91.